The van der Waals surface area contributed by atoms with Crippen molar-refractivity contribution in [2.45, 2.75) is 6.92 Å². The van der Waals surface area contributed by atoms with E-state index in [2.05, 4.69) is 30.4 Å². The van der Waals surface area contributed by atoms with Crippen LogP contribution in [0, 0.1) is 11.3 Å². The van der Waals surface area contributed by atoms with Gasteiger partial charge in [0.1, 0.15) is 0 Å². The number of anilines is 1. The highest BCUT2D eigenvalue weighted by molar-refractivity contribution is 5.78. The van der Waals surface area contributed by atoms with Gasteiger partial charge in [0.25, 0.3) is 0 Å². The first-order valence-corrected chi connectivity index (χ1v) is 5.68. The van der Waals surface area contributed by atoms with Crippen molar-refractivity contribution in [2.75, 3.05) is 11.9 Å². The van der Waals surface area contributed by atoms with Gasteiger partial charge in [-0.1, -0.05) is 30.3 Å². The van der Waals surface area contributed by atoms with E-state index in [1.54, 1.807) is 0 Å². The van der Waals surface area contributed by atoms with Crippen LogP contribution in [0.15, 0.2) is 48.5 Å². The third-order valence-electron chi connectivity index (χ3n) is 2.62. The smallest absolute Gasteiger partial charge is 0.0991 e. The van der Waals surface area contributed by atoms with Crippen LogP contribution in [0.4, 0.5) is 5.69 Å². The molecule has 2 rings (SSSR count). The van der Waals surface area contributed by atoms with Crippen LogP contribution in [-0.4, -0.2) is 6.54 Å². The molecule has 0 unspecified atom stereocenters. The summed E-state index contributed by atoms with van der Waals surface area (Å²) in [6.07, 6.45) is 0. The summed E-state index contributed by atoms with van der Waals surface area (Å²) in [6, 6.07) is 18.0. The Bertz CT molecular complexity index is 536. The number of nitrogens with one attached hydrogen (secondary N) is 1. The monoisotopic (exact) mass is 222 g/mol. The Hall–Kier alpha value is -2.27. The van der Waals surface area contributed by atoms with E-state index in [1.165, 1.54) is 5.56 Å². The fourth-order valence-corrected chi connectivity index (χ4v) is 1.80. The average Bonchev–Trinajstić information content (AvgIpc) is 2.40. The predicted octanol–water partition coefficient (Wildman–Crippen LogP) is 3.66. The highest BCUT2D eigenvalue weighted by Crippen LogP contribution is 2.27. The van der Waals surface area contributed by atoms with Crippen LogP contribution in [-0.2, 0) is 0 Å². The van der Waals surface area contributed by atoms with Crippen molar-refractivity contribution in [3.8, 4) is 17.2 Å². The van der Waals surface area contributed by atoms with Crippen molar-refractivity contribution >= 4 is 5.69 Å². The number of hydrogen-bond donors (Lipinski definition) is 1. The largest absolute Gasteiger partial charge is 0.385 e. The molecule has 0 amide bonds. The molecule has 0 aliphatic carbocycles. The molecule has 2 heteroatoms. The Morgan fingerprint density at radius 3 is 2.41 bits per heavy atom. The van der Waals surface area contributed by atoms with E-state index in [0.29, 0.717) is 5.56 Å². The fourth-order valence-electron chi connectivity index (χ4n) is 1.80. The molecule has 0 aliphatic heterocycles. The summed E-state index contributed by atoms with van der Waals surface area (Å²) in [5.41, 5.74) is 4.11. The highest BCUT2D eigenvalue weighted by Gasteiger charge is 2.03. The Labute approximate surface area is 102 Å². The second kappa shape index (κ2) is 5.18. The number of nitrogens with zero attached hydrogens (tertiary/aromatic N) is 1. The second-order valence-corrected chi connectivity index (χ2v) is 3.77. The SMILES string of the molecule is CCNc1ccccc1-c1ccc(C#N)cc1. The van der Waals surface area contributed by atoms with Gasteiger partial charge in [0, 0.05) is 17.8 Å². The summed E-state index contributed by atoms with van der Waals surface area (Å²) in [5, 5.41) is 12.1. The lowest BCUT2D eigenvalue weighted by molar-refractivity contribution is 1.21. The van der Waals surface area contributed by atoms with Gasteiger partial charge in [-0.05, 0) is 30.7 Å². The predicted molar refractivity (Wildman–Crippen MR) is 70.8 cm³/mol. The molecule has 0 bridgehead atoms. The third kappa shape index (κ3) is 2.46. The van der Waals surface area contributed by atoms with Gasteiger partial charge in [0.05, 0.1) is 11.6 Å². The highest BCUT2D eigenvalue weighted by atomic mass is 14.9. The summed E-state index contributed by atoms with van der Waals surface area (Å²) in [5.74, 6) is 0. The van der Waals surface area contributed by atoms with Crippen molar-refractivity contribution in [1.82, 2.24) is 0 Å². The van der Waals surface area contributed by atoms with Crippen LogP contribution < -0.4 is 5.32 Å². The van der Waals surface area contributed by atoms with E-state index in [9.17, 15) is 0 Å². The van der Waals surface area contributed by atoms with Gasteiger partial charge in [-0.3, -0.25) is 0 Å². The molecule has 0 radical (unpaired) electrons. The van der Waals surface area contributed by atoms with Crippen LogP contribution in [0.2, 0.25) is 0 Å². The molecule has 0 fully saturated rings. The summed E-state index contributed by atoms with van der Waals surface area (Å²) in [7, 11) is 0. The summed E-state index contributed by atoms with van der Waals surface area (Å²) in [6.45, 7) is 2.98. The summed E-state index contributed by atoms with van der Waals surface area (Å²) in [4.78, 5) is 0. The van der Waals surface area contributed by atoms with E-state index in [0.717, 1.165) is 17.8 Å². The maximum atomic E-state index is 8.78. The molecule has 17 heavy (non-hydrogen) atoms. The van der Waals surface area contributed by atoms with Crippen LogP contribution >= 0.6 is 0 Å². The lowest BCUT2D eigenvalue weighted by atomic mass is 10.0. The third-order valence-corrected chi connectivity index (χ3v) is 2.62. The minimum Gasteiger partial charge on any atom is -0.385 e. The maximum Gasteiger partial charge on any atom is 0.0991 e. The number of rotatable bonds is 3. The van der Waals surface area contributed by atoms with Crippen molar-refractivity contribution in [1.29, 1.82) is 5.26 Å². The quantitative estimate of drug-likeness (QED) is 0.860. The van der Waals surface area contributed by atoms with E-state index in [1.807, 2.05) is 36.4 Å². The molecule has 84 valence electrons. The Morgan fingerprint density at radius 2 is 1.76 bits per heavy atom. The number of benzene rings is 2. The number of nitriles is 1. The van der Waals surface area contributed by atoms with Gasteiger partial charge in [-0.2, -0.15) is 5.26 Å². The Morgan fingerprint density at radius 1 is 1.06 bits per heavy atom. The van der Waals surface area contributed by atoms with Gasteiger partial charge in [-0.15, -0.1) is 0 Å². The van der Waals surface area contributed by atoms with Crippen LogP contribution in [0.25, 0.3) is 11.1 Å². The van der Waals surface area contributed by atoms with Crippen molar-refractivity contribution in [3.63, 3.8) is 0 Å². The van der Waals surface area contributed by atoms with Crippen LogP contribution in [0.5, 0.6) is 0 Å². The van der Waals surface area contributed by atoms with E-state index in [4.69, 9.17) is 5.26 Å². The zero-order valence-corrected chi connectivity index (χ0v) is 9.77. The van der Waals surface area contributed by atoms with Crippen molar-refractivity contribution in [2.24, 2.45) is 0 Å². The topological polar surface area (TPSA) is 35.8 Å². The molecule has 0 aliphatic rings. The molecule has 1 N–H and O–H groups in total. The van der Waals surface area contributed by atoms with Gasteiger partial charge in [0.2, 0.25) is 0 Å². The van der Waals surface area contributed by atoms with Crippen LogP contribution in [0.3, 0.4) is 0 Å². The Kier molecular flexibility index (Phi) is 3.42. The van der Waals surface area contributed by atoms with E-state index < -0.39 is 0 Å². The average molecular weight is 222 g/mol. The molecule has 0 spiro atoms. The minimum absolute atomic E-state index is 0.690. The molecular weight excluding hydrogens is 208 g/mol. The molecule has 0 aromatic heterocycles. The lowest BCUT2D eigenvalue weighted by Gasteiger charge is -2.10. The van der Waals surface area contributed by atoms with Crippen LogP contribution in [0.1, 0.15) is 12.5 Å². The molecule has 0 atom stereocenters. The first-order valence-electron chi connectivity index (χ1n) is 5.68. The number of para-hydroxylation sites is 1. The number of hydrogen-bond acceptors (Lipinski definition) is 2. The molecular formula is C15H14N2. The van der Waals surface area contributed by atoms with Gasteiger partial charge in [-0.25, -0.2) is 0 Å². The normalized spacial score (nSPS) is 9.65. The maximum absolute atomic E-state index is 8.78. The van der Waals surface area contributed by atoms with Gasteiger partial charge < -0.3 is 5.32 Å². The molecule has 0 heterocycles. The standard InChI is InChI=1S/C15H14N2/c1-2-17-15-6-4-3-5-14(15)13-9-7-12(11-16)8-10-13/h3-10,17H,2H2,1H3. The second-order valence-electron chi connectivity index (χ2n) is 3.77. The minimum atomic E-state index is 0.690. The molecule has 2 aromatic carbocycles. The van der Waals surface area contributed by atoms with E-state index >= 15 is 0 Å². The first kappa shape index (κ1) is 11.2. The molecule has 2 nitrogen and oxygen atoms in total. The van der Waals surface area contributed by atoms with Crippen molar-refractivity contribution < 1.29 is 0 Å². The molecule has 2 aromatic rings. The fraction of sp³-hybridized carbons (Fsp3) is 0.133. The zero-order chi connectivity index (χ0) is 12.1. The summed E-state index contributed by atoms with van der Waals surface area (Å²) < 4.78 is 0. The van der Waals surface area contributed by atoms with Gasteiger partial charge in [0.15, 0.2) is 0 Å². The van der Waals surface area contributed by atoms with Gasteiger partial charge >= 0.3 is 0 Å². The first-order chi connectivity index (χ1) is 8.35. The lowest BCUT2D eigenvalue weighted by Crippen LogP contribution is -1.98. The van der Waals surface area contributed by atoms with Crippen molar-refractivity contribution in [3.05, 3.63) is 54.1 Å². The Balaban J connectivity index is 2.41. The zero-order valence-electron chi connectivity index (χ0n) is 9.77. The van der Waals surface area contributed by atoms with E-state index in [-0.39, 0.29) is 0 Å². The summed E-state index contributed by atoms with van der Waals surface area (Å²) >= 11 is 0. The molecule has 0 saturated heterocycles. The molecule has 0 saturated carbocycles.